The number of nitrogens with one attached hydrogen (secondary N) is 1. The zero-order valence-electron chi connectivity index (χ0n) is 15.4. The van der Waals surface area contributed by atoms with E-state index in [-0.39, 0.29) is 23.8 Å². The fourth-order valence-electron chi connectivity index (χ4n) is 4.11. The topological polar surface area (TPSA) is 75.4 Å². The Morgan fingerprint density at radius 2 is 1.81 bits per heavy atom. The molecule has 1 heterocycles. The molecule has 2 aromatic rings. The third-order valence-electron chi connectivity index (χ3n) is 5.62. The van der Waals surface area contributed by atoms with Crippen molar-refractivity contribution in [1.29, 1.82) is 0 Å². The van der Waals surface area contributed by atoms with Crippen LogP contribution in [0.3, 0.4) is 0 Å². The Bertz CT molecular complexity index is 847. The van der Waals surface area contributed by atoms with E-state index in [4.69, 9.17) is 5.73 Å². The minimum atomic E-state index is -0.0174. The van der Waals surface area contributed by atoms with Crippen LogP contribution < -0.4 is 16.0 Å². The number of hydrogen-bond acceptors (Lipinski definition) is 3. The van der Waals surface area contributed by atoms with Gasteiger partial charge in [0, 0.05) is 35.4 Å². The fourth-order valence-corrected chi connectivity index (χ4v) is 4.11. The predicted molar refractivity (Wildman–Crippen MR) is 107 cm³/mol. The Morgan fingerprint density at radius 1 is 1.04 bits per heavy atom. The number of rotatable bonds is 3. The van der Waals surface area contributed by atoms with Crippen LogP contribution in [0.25, 0.3) is 0 Å². The summed E-state index contributed by atoms with van der Waals surface area (Å²) in [7, 11) is 0. The highest BCUT2D eigenvalue weighted by Gasteiger charge is 2.26. The highest BCUT2D eigenvalue weighted by Crippen LogP contribution is 2.29. The van der Waals surface area contributed by atoms with Crippen LogP contribution in [0.4, 0.5) is 11.4 Å². The molecule has 27 heavy (non-hydrogen) atoms. The van der Waals surface area contributed by atoms with Gasteiger partial charge in [-0.05, 0) is 61.6 Å². The molecule has 1 saturated carbocycles. The molecule has 2 aromatic carbocycles. The lowest BCUT2D eigenvalue weighted by Crippen LogP contribution is -2.34. The number of anilines is 2. The van der Waals surface area contributed by atoms with Gasteiger partial charge >= 0.3 is 0 Å². The van der Waals surface area contributed by atoms with Crippen LogP contribution in [0.15, 0.2) is 48.5 Å². The van der Waals surface area contributed by atoms with Gasteiger partial charge in [0.15, 0.2) is 0 Å². The Hall–Kier alpha value is -2.66. The first-order valence-corrected chi connectivity index (χ1v) is 9.68. The Kier molecular flexibility index (Phi) is 4.94. The maximum Gasteiger partial charge on any atom is 0.258 e. The van der Waals surface area contributed by atoms with Crippen LogP contribution in [0.2, 0.25) is 0 Å². The molecule has 3 N–H and O–H groups in total. The molecule has 140 valence electrons. The van der Waals surface area contributed by atoms with Crippen molar-refractivity contribution in [3.63, 3.8) is 0 Å². The molecule has 1 fully saturated rings. The molecule has 2 atom stereocenters. The SMILES string of the molecule is NC1CCCC(C(=O)Nc2ccc(C(=O)N3CCc4ccccc43)cc2)C1. The zero-order chi connectivity index (χ0) is 18.8. The van der Waals surface area contributed by atoms with Crippen LogP contribution in [-0.4, -0.2) is 24.4 Å². The molecule has 0 aromatic heterocycles. The average Bonchev–Trinajstić information content (AvgIpc) is 3.12. The molecular formula is C22H25N3O2. The second-order valence-corrected chi connectivity index (χ2v) is 7.53. The molecule has 0 bridgehead atoms. The van der Waals surface area contributed by atoms with Crippen LogP contribution in [0.1, 0.15) is 41.6 Å². The predicted octanol–water partition coefficient (Wildman–Crippen LogP) is 3.35. The van der Waals surface area contributed by atoms with Gasteiger partial charge in [-0.25, -0.2) is 0 Å². The first-order valence-electron chi connectivity index (χ1n) is 9.68. The fraction of sp³-hybridized carbons (Fsp3) is 0.364. The summed E-state index contributed by atoms with van der Waals surface area (Å²) in [6, 6.07) is 15.3. The summed E-state index contributed by atoms with van der Waals surface area (Å²) >= 11 is 0. The van der Waals surface area contributed by atoms with Crippen molar-refractivity contribution in [2.45, 2.75) is 38.1 Å². The van der Waals surface area contributed by atoms with Gasteiger partial charge in [0.05, 0.1) is 0 Å². The number of para-hydroxylation sites is 1. The standard InChI is InChI=1S/C22H25N3O2/c23-18-6-3-5-17(14-18)21(26)24-19-10-8-16(9-11-19)22(27)25-13-12-15-4-1-2-7-20(15)25/h1-2,4,7-11,17-18H,3,5-6,12-14,23H2,(H,24,26). The molecule has 5 heteroatoms. The third-order valence-corrected chi connectivity index (χ3v) is 5.62. The average molecular weight is 363 g/mol. The molecule has 2 amide bonds. The van der Waals surface area contributed by atoms with Crippen molar-refractivity contribution in [3.05, 3.63) is 59.7 Å². The normalized spacial score (nSPS) is 21.6. The molecule has 2 aliphatic rings. The number of fused-ring (bicyclic) bond motifs is 1. The highest BCUT2D eigenvalue weighted by atomic mass is 16.2. The van der Waals surface area contributed by atoms with E-state index in [9.17, 15) is 9.59 Å². The first-order chi connectivity index (χ1) is 13.1. The van der Waals surface area contributed by atoms with Crippen LogP contribution in [-0.2, 0) is 11.2 Å². The summed E-state index contributed by atoms with van der Waals surface area (Å²) in [4.78, 5) is 27.1. The van der Waals surface area contributed by atoms with E-state index in [1.165, 1.54) is 5.56 Å². The summed E-state index contributed by atoms with van der Waals surface area (Å²) in [5, 5.41) is 2.96. The Balaban J connectivity index is 1.42. The molecule has 1 aliphatic heterocycles. The van der Waals surface area contributed by atoms with Crippen molar-refractivity contribution >= 4 is 23.2 Å². The Morgan fingerprint density at radius 3 is 2.59 bits per heavy atom. The summed E-state index contributed by atoms with van der Waals surface area (Å²) < 4.78 is 0. The van der Waals surface area contributed by atoms with E-state index in [1.807, 2.05) is 23.1 Å². The second-order valence-electron chi connectivity index (χ2n) is 7.53. The number of carbonyl (C=O) groups is 2. The lowest BCUT2D eigenvalue weighted by atomic mass is 9.85. The van der Waals surface area contributed by atoms with Gasteiger partial charge in [-0.2, -0.15) is 0 Å². The molecule has 1 aliphatic carbocycles. The van der Waals surface area contributed by atoms with Crippen molar-refractivity contribution < 1.29 is 9.59 Å². The molecule has 2 unspecified atom stereocenters. The highest BCUT2D eigenvalue weighted by molar-refractivity contribution is 6.07. The van der Waals surface area contributed by atoms with E-state index in [2.05, 4.69) is 11.4 Å². The number of amides is 2. The van der Waals surface area contributed by atoms with E-state index >= 15 is 0 Å². The van der Waals surface area contributed by atoms with E-state index in [0.717, 1.165) is 43.5 Å². The quantitative estimate of drug-likeness (QED) is 0.878. The second kappa shape index (κ2) is 7.53. The number of nitrogens with zero attached hydrogens (tertiary/aromatic N) is 1. The van der Waals surface area contributed by atoms with Crippen molar-refractivity contribution in [2.24, 2.45) is 11.7 Å². The molecule has 4 rings (SSSR count). The summed E-state index contributed by atoms with van der Waals surface area (Å²) in [5.74, 6) is 0.00457. The van der Waals surface area contributed by atoms with E-state index in [1.54, 1.807) is 24.3 Å². The molecule has 0 saturated heterocycles. The van der Waals surface area contributed by atoms with E-state index in [0.29, 0.717) is 12.1 Å². The van der Waals surface area contributed by atoms with Gasteiger partial charge in [-0.1, -0.05) is 24.6 Å². The van der Waals surface area contributed by atoms with Gasteiger partial charge in [0.1, 0.15) is 0 Å². The maximum absolute atomic E-state index is 12.9. The molecular weight excluding hydrogens is 338 g/mol. The van der Waals surface area contributed by atoms with Crippen LogP contribution in [0.5, 0.6) is 0 Å². The van der Waals surface area contributed by atoms with Crippen molar-refractivity contribution in [3.8, 4) is 0 Å². The molecule has 5 nitrogen and oxygen atoms in total. The number of nitrogens with two attached hydrogens (primary N) is 1. The minimum absolute atomic E-state index is 0.00363. The van der Waals surface area contributed by atoms with Gasteiger partial charge in [0.2, 0.25) is 5.91 Å². The summed E-state index contributed by atoms with van der Waals surface area (Å²) in [6.07, 6.45) is 4.53. The number of benzene rings is 2. The lowest BCUT2D eigenvalue weighted by Gasteiger charge is -2.25. The smallest absolute Gasteiger partial charge is 0.258 e. The first kappa shape index (κ1) is 17.7. The monoisotopic (exact) mass is 363 g/mol. The lowest BCUT2D eigenvalue weighted by molar-refractivity contribution is -0.120. The maximum atomic E-state index is 12.9. The third kappa shape index (κ3) is 3.74. The molecule has 0 spiro atoms. The zero-order valence-corrected chi connectivity index (χ0v) is 15.4. The van der Waals surface area contributed by atoms with Gasteiger partial charge in [-0.15, -0.1) is 0 Å². The van der Waals surface area contributed by atoms with Crippen LogP contribution in [0, 0.1) is 5.92 Å². The minimum Gasteiger partial charge on any atom is -0.328 e. The largest absolute Gasteiger partial charge is 0.328 e. The molecule has 0 radical (unpaired) electrons. The Labute approximate surface area is 159 Å². The summed E-state index contributed by atoms with van der Waals surface area (Å²) in [6.45, 7) is 0.707. The number of carbonyl (C=O) groups excluding carboxylic acids is 2. The van der Waals surface area contributed by atoms with Crippen molar-refractivity contribution in [1.82, 2.24) is 0 Å². The van der Waals surface area contributed by atoms with Gasteiger partial charge in [0.25, 0.3) is 5.91 Å². The van der Waals surface area contributed by atoms with Crippen LogP contribution >= 0.6 is 0 Å². The van der Waals surface area contributed by atoms with Gasteiger partial charge in [-0.3, -0.25) is 9.59 Å². The number of hydrogen-bond donors (Lipinski definition) is 2. The van der Waals surface area contributed by atoms with Gasteiger partial charge < -0.3 is 16.0 Å². The summed E-state index contributed by atoms with van der Waals surface area (Å²) in [5.41, 5.74) is 9.53. The van der Waals surface area contributed by atoms with E-state index < -0.39 is 0 Å². The van der Waals surface area contributed by atoms with Crippen molar-refractivity contribution in [2.75, 3.05) is 16.8 Å².